The third-order valence-electron chi connectivity index (χ3n) is 4.17. The smallest absolute Gasteiger partial charge is 0.292 e. The molecule has 0 aromatic heterocycles. The van der Waals surface area contributed by atoms with Crippen molar-refractivity contribution in [2.45, 2.75) is 13.0 Å². The molecule has 2 aromatic carbocycles. The Morgan fingerprint density at radius 1 is 1.14 bits per heavy atom. The summed E-state index contributed by atoms with van der Waals surface area (Å²) in [5, 5.41) is 16.3. The number of nitrogens with one attached hydrogen (secondary N) is 2. The monoisotopic (exact) mass is 386 g/mol. The van der Waals surface area contributed by atoms with E-state index < -0.39 is 16.9 Å². The van der Waals surface area contributed by atoms with Crippen molar-refractivity contribution in [1.29, 1.82) is 0 Å². The van der Waals surface area contributed by atoms with E-state index in [2.05, 4.69) is 10.6 Å². The molecule has 148 valence electrons. The first-order valence-corrected chi connectivity index (χ1v) is 8.50. The SMILES string of the molecule is COc1ccc(NC(=O)CN(C)[C@H](C)C(=O)Nc2ccccc2[N+](=O)[O-])cc1. The number of carbonyl (C=O) groups excluding carboxylic acids is 2. The van der Waals surface area contributed by atoms with Crippen molar-refractivity contribution < 1.29 is 19.2 Å². The first-order valence-electron chi connectivity index (χ1n) is 8.50. The van der Waals surface area contributed by atoms with E-state index in [1.54, 1.807) is 56.3 Å². The van der Waals surface area contributed by atoms with Gasteiger partial charge in [0.15, 0.2) is 0 Å². The van der Waals surface area contributed by atoms with Crippen LogP contribution >= 0.6 is 0 Å². The summed E-state index contributed by atoms with van der Waals surface area (Å²) in [5.74, 6) is -0.0672. The molecule has 9 heteroatoms. The number of likely N-dealkylation sites (N-methyl/N-ethyl adjacent to an activating group) is 1. The predicted octanol–water partition coefficient (Wildman–Crippen LogP) is 2.50. The molecular weight excluding hydrogens is 364 g/mol. The fourth-order valence-electron chi connectivity index (χ4n) is 2.41. The fraction of sp³-hybridized carbons (Fsp3) is 0.263. The number of nitro groups is 1. The van der Waals surface area contributed by atoms with Crippen molar-refractivity contribution in [2.75, 3.05) is 31.3 Å². The molecule has 0 radical (unpaired) electrons. The second kappa shape index (κ2) is 9.47. The van der Waals surface area contributed by atoms with Crippen molar-refractivity contribution >= 4 is 28.9 Å². The van der Waals surface area contributed by atoms with Crippen LogP contribution in [0.15, 0.2) is 48.5 Å². The summed E-state index contributed by atoms with van der Waals surface area (Å²) in [4.78, 5) is 36.6. The van der Waals surface area contributed by atoms with Crippen molar-refractivity contribution in [3.8, 4) is 5.75 Å². The Morgan fingerprint density at radius 2 is 1.79 bits per heavy atom. The van der Waals surface area contributed by atoms with Gasteiger partial charge in [-0.1, -0.05) is 12.1 Å². The van der Waals surface area contributed by atoms with Gasteiger partial charge in [0.2, 0.25) is 11.8 Å². The second-order valence-electron chi connectivity index (χ2n) is 6.13. The number of amides is 2. The average molecular weight is 386 g/mol. The zero-order chi connectivity index (χ0) is 20.7. The van der Waals surface area contributed by atoms with E-state index >= 15 is 0 Å². The van der Waals surface area contributed by atoms with Crippen LogP contribution in [-0.2, 0) is 9.59 Å². The number of carbonyl (C=O) groups is 2. The number of nitrogens with zero attached hydrogens (tertiary/aromatic N) is 2. The Labute approximate surface area is 162 Å². The molecule has 1 atom stereocenters. The van der Waals surface area contributed by atoms with Gasteiger partial charge in [-0.15, -0.1) is 0 Å². The van der Waals surface area contributed by atoms with E-state index in [4.69, 9.17) is 4.74 Å². The Balaban J connectivity index is 1.93. The van der Waals surface area contributed by atoms with Crippen molar-refractivity contribution in [3.05, 3.63) is 58.6 Å². The Bertz CT molecular complexity index is 854. The topological polar surface area (TPSA) is 114 Å². The maximum Gasteiger partial charge on any atom is 0.292 e. The van der Waals surface area contributed by atoms with E-state index in [1.807, 2.05) is 0 Å². The number of methoxy groups -OCH3 is 1. The molecule has 2 N–H and O–H groups in total. The molecule has 2 amide bonds. The minimum absolute atomic E-state index is 0.0303. The molecule has 0 aliphatic heterocycles. The Kier molecular flexibility index (Phi) is 7.05. The average Bonchev–Trinajstić information content (AvgIpc) is 2.68. The highest BCUT2D eigenvalue weighted by atomic mass is 16.6. The van der Waals surface area contributed by atoms with Crippen LogP contribution in [-0.4, -0.2) is 48.4 Å². The van der Waals surface area contributed by atoms with Gasteiger partial charge in [-0.05, 0) is 44.3 Å². The quantitative estimate of drug-likeness (QED) is 0.532. The van der Waals surface area contributed by atoms with Gasteiger partial charge in [-0.2, -0.15) is 0 Å². The molecule has 0 heterocycles. The summed E-state index contributed by atoms with van der Waals surface area (Å²) in [7, 11) is 3.18. The van der Waals surface area contributed by atoms with Crippen molar-refractivity contribution in [3.63, 3.8) is 0 Å². The summed E-state index contributed by atoms with van der Waals surface area (Å²) in [6.45, 7) is 1.59. The molecular formula is C19H22N4O5. The van der Waals surface area contributed by atoms with E-state index in [9.17, 15) is 19.7 Å². The van der Waals surface area contributed by atoms with E-state index in [-0.39, 0.29) is 23.8 Å². The largest absolute Gasteiger partial charge is 0.497 e. The highest BCUT2D eigenvalue weighted by Crippen LogP contribution is 2.23. The lowest BCUT2D eigenvalue weighted by molar-refractivity contribution is -0.383. The van der Waals surface area contributed by atoms with Crippen LogP contribution in [0.3, 0.4) is 0 Å². The normalized spacial score (nSPS) is 11.6. The summed E-state index contributed by atoms with van der Waals surface area (Å²) >= 11 is 0. The number of hydrogen-bond donors (Lipinski definition) is 2. The van der Waals surface area contributed by atoms with Gasteiger partial charge in [-0.25, -0.2) is 0 Å². The zero-order valence-corrected chi connectivity index (χ0v) is 15.8. The first-order chi connectivity index (χ1) is 13.3. The third kappa shape index (κ3) is 5.52. The fourth-order valence-corrected chi connectivity index (χ4v) is 2.41. The van der Waals surface area contributed by atoms with Crippen molar-refractivity contribution in [2.24, 2.45) is 0 Å². The molecule has 2 rings (SSSR count). The van der Waals surface area contributed by atoms with Crippen LogP contribution in [0.5, 0.6) is 5.75 Å². The minimum atomic E-state index is -0.679. The van der Waals surface area contributed by atoms with Crippen LogP contribution in [0.2, 0.25) is 0 Å². The molecule has 9 nitrogen and oxygen atoms in total. The Morgan fingerprint density at radius 3 is 2.39 bits per heavy atom. The lowest BCUT2D eigenvalue weighted by Gasteiger charge is -2.23. The third-order valence-corrected chi connectivity index (χ3v) is 4.17. The molecule has 0 saturated heterocycles. The van der Waals surface area contributed by atoms with E-state index in [1.165, 1.54) is 18.2 Å². The van der Waals surface area contributed by atoms with Gasteiger partial charge in [-0.3, -0.25) is 24.6 Å². The maximum absolute atomic E-state index is 12.4. The molecule has 0 spiro atoms. The Hall–Kier alpha value is -3.46. The second-order valence-corrected chi connectivity index (χ2v) is 6.13. The molecule has 0 saturated carbocycles. The lowest BCUT2D eigenvalue weighted by atomic mass is 10.2. The van der Waals surface area contributed by atoms with Gasteiger partial charge >= 0.3 is 0 Å². The standard InChI is InChI=1S/C19H22N4O5/c1-13(19(25)21-16-6-4-5-7-17(16)23(26)27)22(2)12-18(24)20-14-8-10-15(28-3)11-9-14/h4-11,13H,12H2,1-3H3,(H,20,24)(H,21,25)/t13-/m1/s1. The summed E-state index contributed by atoms with van der Waals surface area (Å²) in [6.07, 6.45) is 0. The molecule has 2 aromatic rings. The van der Waals surface area contributed by atoms with Crippen LogP contribution < -0.4 is 15.4 Å². The van der Waals surface area contributed by atoms with E-state index in [0.717, 1.165) is 0 Å². The van der Waals surface area contributed by atoms with Crippen LogP contribution in [0.4, 0.5) is 17.1 Å². The maximum atomic E-state index is 12.4. The van der Waals surface area contributed by atoms with Gasteiger partial charge in [0.1, 0.15) is 11.4 Å². The van der Waals surface area contributed by atoms with Crippen molar-refractivity contribution in [1.82, 2.24) is 4.90 Å². The first kappa shape index (κ1) is 20.8. The number of benzene rings is 2. The van der Waals surface area contributed by atoms with Crippen LogP contribution in [0.25, 0.3) is 0 Å². The molecule has 0 aliphatic rings. The molecule has 0 bridgehead atoms. The highest BCUT2D eigenvalue weighted by molar-refractivity contribution is 5.97. The summed E-state index contributed by atoms with van der Waals surface area (Å²) < 4.78 is 5.06. The predicted molar refractivity (Wildman–Crippen MR) is 105 cm³/mol. The van der Waals surface area contributed by atoms with E-state index in [0.29, 0.717) is 11.4 Å². The number of hydrogen-bond acceptors (Lipinski definition) is 6. The van der Waals surface area contributed by atoms with Gasteiger partial charge in [0.25, 0.3) is 5.69 Å². The number of rotatable bonds is 8. The number of ether oxygens (including phenoxy) is 1. The zero-order valence-electron chi connectivity index (χ0n) is 15.8. The van der Waals surface area contributed by atoms with Gasteiger partial charge in [0, 0.05) is 11.8 Å². The lowest BCUT2D eigenvalue weighted by Crippen LogP contribution is -2.43. The van der Waals surface area contributed by atoms with Gasteiger partial charge < -0.3 is 15.4 Å². The number of nitro benzene ring substituents is 1. The minimum Gasteiger partial charge on any atom is -0.497 e. The van der Waals surface area contributed by atoms with Crippen LogP contribution in [0.1, 0.15) is 6.92 Å². The number of para-hydroxylation sites is 2. The van der Waals surface area contributed by atoms with Crippen LogP contribution in [0, 0.1) is 10.1 Å². The highest BCUT2D eigenvalue weighted by Gasteiger charge is 2.23. The summed E-state index contributed by atoms with van der Waals surface area (Å²) in [6, 6.07) is 12.1. The molecule has 0 unspecified atom stereocenters. The van der Waals surface area contributed by atoms with Gasteiger partial charge in [0.05, 0.1) is 24.6 Å². The molecule has 0 fully saturated rings. The number of anilines is 2. The summed E-state index contributed by atoms with van der Waals surface area (Å²) in [5.41, 5.74) is 0.527. The molecule has 28 heavy (non-hydrogen) atoms. The molecule has 0 aliphatic carbocycles.